The van der Waals surface area contributed by atoms with Crippen LogP contribution in [0.15, 0.2) is 47.0 Å². The molecule has 1 heteroatoms. The number of nitrogens with zero attached hydrogens (tertiary/aromatic N) is 1. The highest BCUT2D eigenvalue weighted by Gasteiger charge is 2.22. The van der Waals surface area contributed by atoms with Gasteiger partial charge < -0.3 is 0 Å². The first-order valence-electron chi connectivity index (χ1n) is 5.76. The molecule has 2 aliphatic rings. The molecular formula is C14H15N. The van der Waals surface area contributed by atoms with E-state index < -0.39 is 0 Å². The van der Waals surface area contributed by atoms with Gasteiger partial charge in [0.2, 0.25) is 0 Å². The fraction of sp³-hybridized carbons (Fsp3) is 0.357. The summed E-state index contributed by atoms with van der Waals surface area (Å²) in [5.41, 5.74) is 4.21. The third-order valence-electron chi connectivity index (χ3n) is 3.28. The van der Waals surface area contributed by atoms with Crippen molar-refractivity contribution in [2.75, 3.05) is 0 Å². The van der Waals surface area contributed by atoms with Crippen LogP contribution in [-0.4, -0.2) is 5.71 Å². The van der Waals surface area contributed by atoms with Crippen molar-refractivity contribution in [3.63, 3.8) is 0 Å². The molecular weight excluding hydrogens is 182 g/mol. The molecule has 0 spiro atoms. The molecule has 0 radical (unpaired) electrons. The Balaban J connectivity index is 1.92. The fourth-order valence-corrected chi connectivity index (χ4v) is 2.46. The van der Waals surface area contributed by atoms with E-state index in [1.165, 1.54) is 42.5 Å². The van der Waals surface area contributed by atoms with Crippen LogP contribution in [0.25, 0.3) is 0 Å². The summed E-state index contributed by atoms with van der Waals surface area (Å²) in [6, 6.07) is 10.9. The van der Waals surface area contributed by atoms with Gasteiger partial charge in [0, 0.05) is 5.71 Å². The topological polar surface area (TPSA) is 12.4 Å². The molecule has 1 saturated carbocycles. The molecule has 0 aromatic heterocycles. The van der Waals surface area contributed by atoms with Gasteiger partial charge in [0.1, 0.15) is 0 Å². The fourth-order valence-electron chi connectivity index (χ4n) is 2.46. The minimum Gasteiger partial charge on any atom is -0.277 e. The number of hydrogen-bond acceptors (Lipinski definition) is 1. The number of aliphatic imine (C=N–C) groups is 1. The molecule has 1 aliphatic heterocycles. The van der Waals surface area contributed by atoms with E-state index in [1.807, 2.05) is 0 Å². The second-order valence-electron chi connectivity index (χ2n) is 4.33. The first-order valence-corrected chi connectivity index (χ1v) is 5.76. The Labute approximate surface area is 90.5 Å². The Morgan fingerprint density at radius 2 is 1.80 bits per heavy atom. The lowest BCUT2D eigenvalue weighted by atomic mass is 9.93. The van der Waals surface area contributed by atoms with Crippen LogP contribution < -0.4 is 0 Å². The Hall–Kier alpha value is -1.37. The molecule has 0 N–H and O–H groups in total. The van der Waals surface area contributed by atoms with Crippen LogP contribution in [0.2, 0.25) is 0 Å². The Bertz CT molecular complexity index is 392. The van der Waals surface area contributed by atoms with Crippen LogP contribution in [0.4, 0.5) is 0 Å². The number of hydrogen-bond donors (Lipinski definition) is 0. The van der Waals surface area contributed by atoms with Crippen LogP contribution in [0, 0.1) is 0 Å². The molecule has 0 saturated heterocycles. The molecule has 3 rings (SSSR count). The lowest BCUT2D eigenvalue weighted by Crippen LogP contribution is -2.05. The van der Waals surface area contributed by atoms with Crippen LogP contribution in [0.1, 0.15) is 37.3 Å². The van der Waals surface area contributed by atoms with Crippen molar-refractivity contribution in [2.24, 2.45) is 4.99 Å². The summed E-state index contributed by atoms with van der Waals surface area (Å²) in [5, 5.41) is 0. The van der Waals surface area contributed by atoms with Gasteiger partial charge in [-0.1, -0.05) is 36.4 Å². The maximum atomic E-state index is 4.80. The van der Waals surface area contributed by atoms with Crippen molar-refractivity contribution < 1.29 is 0 Å². The van der Waals surface area contributed by atoms with Gasteiger partial charge in [-0.3, -0.25) is 4.99 Å². The SMILES string of the molecule is C1=C2CCCCC2=NC1c1ccccc1. The van der Waals surface area contributed by atoms with Crippen LogP contribution >= 0.6 is 0 Å². The molecule has 0 bridgehead atoms. The molecule has 1 aromatic rings. The van der Waals surface area contributed by atoms with E-state index in [2.05, 4.69) is 36.4 Å². The van der Waals surface area contributed by atoms with Crippen molar-refractivity contribution in [3.8, 4) is 0 Å². The van der Waals surface area contributed by atoms with E-state index in [0.717, 1.165) is 0 Å². The van der Waals surface area contributed by atoms with Crippen LogP contribution in [0.5, 0.6) is 0 Å². The van der Waals surface area contributed by atoms with E-state index in [0.29, 0.717) is 6.04 Å². The zero-order chi connectivity index (χ0) is 10.1. The number of benzene rings is 1. The highest BCUT2D eigenvalue weighted by Crippen LogP contribution is 2.33. The van der Waals surface area contributed by atoms with E-state index in [-0.39, 0.29) is 0 Å². The van der Waals surface area contributed by atoms with Crippen LogP contribution in [-0.2, 0) is 0 Å². The molecule has 1 aromatic carbocycles. The van der Waals surface area contributed by atoms with Crippen molar-refractivity contribution in [3.05, 3.63) is 47.5 Å². The van der Waals surface area contributed by atoms with Gasteiger partial charge in [-0.15, -0.1) is 0 Å². The van der Waals surface area contributed by atoms with Gasteiger partial charge in [0.15, 0.2) is 0 Å². The molecule has 1 nitrogen and oxygen atoms in total. The average molecular weight is 197 g/mol. The molecule has 76 valence electrons. The maximum absolute atomic E-state index is 4.80. The molecule has 0 amide bonds. The van der Waals surface area contributed by atoms with E-state index in [1.54, 1.807) is 0 Å². The second kappa shape index (κ2) is 3.65. The van der Waals surface area contributed by atoms with E-state index >= 15 is 0 Å². The molecule has 1 fully saturated rings. The lowest BCUT2D eigenvalue weighted by Gasteiger charge is -2.11. The smallest absolute Gasteiger partial charge is 0.0939 e. The van der Waals surface area contributed by atoms with Crippen molar-refractivity contribution in [1.29, 1.82) is 0 Å². The average Bonchev–Trinajstić information content (AvgIpc) is 2.74. The molecule has 1 unspecified atom stereocenters. The Kier molecular flexibility index (Phi) is 2.17. The molecule has 1 heterocycles. The molecule has 1 atom stereocenters. The van der Waals surface area contributed by atoms with Gasteiger partial charge in [-0.25, -0.2) is 0 Å². The van der Waals surface area contributed by atoms with Gasteiger partial charge >= 0.3 is 0 Å². The minimum absolute atomic E-state index is 0.300. The summed E-state index contributed by atoms with van der Waals surface area (Å²) >= 11 is 0. The summed E-state index contributed by atoms with van der Waals surface area (Å²) in [7, 11) is 0. The predicted molar refractivity (Wildman–Crippen MR) is 63.2 cm³/mol. The number of fused-ring (bicyclic) bond motifs is 1. The maximum Gasteiger partial charge on any atom is 0.0939 e. The summed E-state index contributed by atoms with van der Waals surface area (Å²) in [6.07, 6.45) is 7.44. The minimum atomic E-state index is 0.300. The third-order valence-corrected chi connectivity index (χ3v) is 3.28. The van der Waals surface area contributed by atoms with E-state index in [4.69, 9.17) is 4.99 Å². The lowest BCUT2D eigenvalue weighted by molar-refractivity contribution is 0.736. The van der Waals surface area contributed by atoms with Gasteiger partial charge in [-0.05, 0) is 36.8 Å². The standard InChI is InChI=1S/C14H15N/c1-2-6-11(7-3-1)14-10-12-8-4-5-9-13(12)15-14/h1-3,6-7,10,14H,4-5,8-9H2. The largest absolute Gasteiger partial charge is 0.277 e. The zero-order valence-corrected chi connectivity index (χ0v) is 8.82. The second-order valence-corrected chi connectivity index (χ2v) is 4.33. The number of rotatable bonds is 1. The van der Waals surface area contributed by atoms with E-state index in [9.17, 15) is 0 Å². The number of allylic oxidation sites excluding steroid dienone is 1. The highest BCUT2D eigenvalue weighted by molar-refractivity contribution is 6.02. The normalized spacial score (nSPS) is 24.4. The molecule has 15 heavy (non-hydrogen) atoms. The zero-order valence-electron chi connectivity index (χ0n) is 8.82. The third kappa shape index (κ3) is 1.63. The highest BCUT2D eigenvalue weighted by atomic mass is 14.8. The summed E-state index contributed by atoms with van der Waals surface area (Å²) < 4.78 is 0. The summed E-state index contributed by atoms with van der Waals surface area (Å²) in [6.45, 7) is 0. The summed E-state index contributed by atoms with van der Waals surface area (Å²) in [5.74, 6) is 0. The van der Waals surface area contributed by atoms with Crippen molar-refractivity contribution in [1.82, 2.24) is 0 Å². The van der Waals surface area contributed by atoms with Crippen molar-refractivity contribution >= 4 is 5.71 Å². The quantitative estimate of drug-likeness (QED) is 0.651. The van der Waals surface area contributed by atoms with Crippen molar-refractivity contribution in [2.45, 2.75) is 31.7 Å². The van der Waals surface area contributed by atoms with Gasteiger partial charge in [0.25, 0.3) is 0 Å². The monoisotopic (exact) mass is 197 g/mol. The molecule has 1 aliphatic carbocycles. The summed E-state index contributed by atoms with van der Waals surface area (Å²) in [4.78, 5) is 4.80. The Morgan fingerprint density at radius 1 is 1.00 bits per heavy atom. The predicted octanol–water partition coefficient (Wildman–Crippen LogP) is 3.68. The van der Waals surface area contributed by atoms with Gasteiger partial charge in [0.05, 0.1) is 6.04 Å². The Morgan fingerprint density at radius 3 is 2.60 bits per heavy atom. The first kappa shape index (κ1) is 8.90. The van der Waals surface area contributed by atoms with Crippen LogP contribution in [0.3, 0.4) is 0 Å². The van der Waals surface area contributed by atoms with Gasteiger partial charge in [-0.2, -0.15) is 0 Å². The first-order chi connectivity index (χ1) is 7.43.